The fourth-order valence-corrected chi connectivity index (χ4v) is 4.03. The van der Waals surface area contributed by atoms with Crippen LogP contribution in [0, 0.1) is 0 Å². The van der Waals surface area contributed by atoms with Crippen molar-refractivity contribution in [3.05, 3.63) is 78.6 Å². The van der Waals surface area contributed by atoms with Gasteiger partial charge in [-0.2, -0.15) is 0 Å². The predicted molar refractivity (Wildman–Crippen MR) is 134 cm³/mol. The normalized spacial score (nSPS) is 15.0. The molecule has 1 saturated heterocycles. The molecule has 1 aromatic carbocycles. The van der Waals surface area contributed by atoms with Crippen LogP contribution in [-0.4, -0.2) is 54.9 Å². The summed E-state index contributed by atoms with van der Waals surface area (Å²) in [5.74, 6) is 1.37. The third-order valence-corrected chi connectivity index (χ3v) is 5.88. The number of pyridine rings is 1. The fraction of sp³-hybridized carbons (Fsp3) is 0.200. The summed E-state index contributed by atoms with van der Waals surface area (Å²) in [5.41, 5.74) is 2.66. The number of hydrogen-bond acceptors (Lipinski definition) is 9. The fourth-order valence-electron chi connectivity index (χ4n) is 3.79. The van der Waals surface area contributed by atoms with Crippen LogP contribution < -0.4 is 14.8 Å². The molecule has 0 bridgehead atoms. The summed E-state index contributed by atoms with van der Waals surface area (Å²) in [5, 5.41) is 3.68. The molecule has 4 heterocycles. The lowest BCUT2D eigenvalue weighted by Gasteiger charge is -2.15. The Labute approximate surface area is 212 Å². The lowest BCUT2D eigenvalue weighted by atomic mass is 10.2. The molecule has 0 radical (unpaired) electrons. The number of rotatable bonds is 8. The summed E-state index contributed by atoms with van der Waals surface area (Å²) >= 11 is 6.44. The zero-order valence-electron chi connectivity index (χ0n) is 19.2. The number of carbonyl (C=O) groups is 1. The highest BCUT2D eigenvalue weighted by Gasteiger charge is 2.26. The van der Waals surface area contributed by atoms with Crippen molar-refractivity contribution in [3.8, 4) is 11.6 Å². The first kappa shape index (κ1) is 23.4. The van der Waals surface area contributed by atoms with E-state index in [-0.39, 0.29) is 18.6 Å². The van der Waals surface area contributed by atoms with Gasteiger partial charge in [0.05, 0.1) is 22.8 Å². The Bertz CT molecular complexity index is 1400. The number of ether oxygens (including phenoxy) is 2. The van der Waals surface area contributed by atoms with Gasteiger partial charge < -0.3 is 19.7 Å². The second-order valence-electron chi connectivity index (χ2n) is 8.02. The van der Waals surface area contributed by atoms with Crippen molar-refractivity contribution < 1.29 is 14.3 Å². The van der Waals surface area contributed by atoms with Crippen LogP contribution in [-0.2, 0) is 11.4 Å². The second kappa shape index (κ2) is 10.5. The molecule has 1 aliphatic rings. The van der Waals surface area contributed by atoms with Gasteiger partial charge in [-0.1, -0.05) is 18.2 Å². The Kier molecular flexibility index (Phi) is 6.85. The number of benzene rings is 1. The Morgan fingerprint density at radius 3 is 2.92 bits per heavy atom. The average Bonchev–Trinajstić information content (AvgIpc) is 3.37. The van der Waals surface area contributed by atoms with E-state index < -0.39 is 0 Å². The van der Waals surface area contributed by atoms with Gasteiger partial charge in [0.15, 0.2) is 5.82 Å². The molecule has 1 aliphatic heterocycles. The Morgan fingerprint density at radius 2 is 2.11 bits per heavy atom. The molecule has 10 nitrogen and oxygen atoms in total. The summed E-state index contributed by atoms with van der Waals surface area (Å²) < 4.78 is 11.8. The smallest absolute Gasteiger partial charge is 0.246 e. The van der Waals surface area contributed by atoms with E-state index in [0.29, 0.717) is 52.3 Å². The zero-order valence-corrected chi connectivity index (χ0v) is 19.9. The van der Waals surface area contributed by atoms with Gasteiger partial charge in [0.1, 0.15) is 36.6 Å². The summed E-state index contributed by atoms with van der Waals surface area (Å²) in [6.45, 7) is 4.93. The molecule has 1 amide bonds. The van der Waals surface area contributed by atoms with E-state index in [2.05, 4.69) is 36.8 Å². The summed E-state index contributed by atoms with van der Waals surface area (Å²) in [7, 11) is 0. The highest BCUT2D eigenvalue weighted by Crippen LogP contribution is 2.31. The molecule has 0 aliphatic carbocycles. The first-order valence-corrected chi connectivity index (χ1v) is 11.6. The van der Waals surface area contributed by atoms with Gasteiger partial charge in [-0.25, -0.2) is 24.9 Å². The van der Waals surface area contributed by atoms with Gasteiger partial charge in [0.25, 0.3) is 0 Å². The van der Waals surface area contributed by atoms with Crippen molar-refractivity contribution in [3.63, 3.8) is 0 Å². The Morgan fingerprint density at radius 1 is 1.19 bits per heavy atom. The topological polar surface area (TPSA) is 115 Å². The number of amides is 1. The summed E-state index contributed by atoms with van der Waals surface area (Å²) in [6, 6.07) is 10.7. The molecule has 1 N–H and O–H groups in total. The number of fused-ring (bicyclic) bond motifs is 1. The number of hydrogen-bond donors (Lipinski definition) is 1. The van der Waals surface area contributed by atoms with Gasteiger partial charge in [-0.15, -0.1) is 0 Å². The van der Waals surface area contributed by atoms with Crippen LogP contribution in [0.5, 0.6) is 11.6 Å². The van der Waals surface area contributed by atoms with Crippen molar-refractivity contribution in [2.24, 2.45) is 0 Å². The lowest BCUT2D eigenvalue weighted by Crippen LogP contribution is -2.29. The first-order chi connectivity index (χ1) is 17.6. The molecule has 1 atom stereocenters. The zero-order chi connectivity index (χ0) is 24.9. The highest BCUT2D eigenvalue weighted by atomic mass is 35.5. The third kappa shape index (κ3) is 5.33. The van der Waals surface area contributed by atoms with Crippen LogP contribution in [0.1, 0.15) is 12.1 Å². The molecule has 11 heteroatoms. The van der Waals surface area contributed by atoms with E-state index >= 15 is 0 Å². The average molecular weight is 504 g/mol. The standard InChI is InChI=1S/C25H22ClN7O3/c1-2-23(34)33-10-8-18(12-33)36-22-6-4-20-24(32-22)25(30-15-29-20)31-16-3-5-21(19(26)11-16)35-13-17-7-9-27-14-28-17/h2-7,9,11,14-15,18H,1,8,10,12-13H2,(H,29,30,31). The van der Waals surface area contributed by atoms with E-state index in [4.69, 9.17) is 21.1 Å². The third-order valence-electron chi connectivity index (χ3n) is 5.59. The minimum atomic E-state index is -0.145. The number of carbonyl (C=O) groups excluding carboxylic acids is 1. The van der Waals surface area contributed by atoms with Crippen LogP contribution >= 0.6 is 11.6 Å². The van der Waals surface area contributed by atoms with E-state index in [9.17, 15) is 4.79 Å². The first-order valence-electron chi connectivity index (χ1n) is 11.2. The molecule has 0 spiro atoms. The van der Waals surface area contributed by atoms with Crippen molar-refractivity contribution in [1.82, 2.24) is 29.8 Å². The molecule has 0 saturated carbocycles. The summed E-state index contributed by atoms with van der Waals surface area (Å²) in [4.78, 5) is 34.9. The summed E-state index contributed by atoms with van der Waals surface area (Å²) in [6.07, 6.45) is 6.48. The van der Waals surface area contributed by atoms with Gasteiger partial charge in [-0.05, 0) is 36.4 Å². The van der Waals surface area contributed by atoms with Crippen LogP contribution in [0.3, 0.4) is 0 Å². The monoisotopic (exact) mass is 503 g/mol. The molecule has 3 aromatic heterocycles. The maximum absolute atomic E-state index is 11.8. The van der Waals surface area contributed by atoms with Crippen LogP contribution in [0.15, 0.2) is 67.9 Å². The Hall–Kier alpha value is -4.31. The van der Waals surface area contributed by atoms with E-state index in [1.165, 1.54) is 18.7 Å². The van der Waals surface area contributed by atoms with Crippen molar-refractivity contribution in [1.29, 1.82) is 0 Å². The lowest BCUT2D eigenvalue weighted by molar-refractivity contribution is -0.125. The number of aromatic nitrogens is 5. The number of nitrogens with one attached hydrogen (secondary N) is 1. The van der Waals surface area contributed by atoms with Gasteiger partial charge in [-0.3, -0.25) is 4.79 Å². The number of nitrogens with zero attached hydrogens (tertiary/aromatic N) is 6. The van der Waals surface area contributed by atoms with Crippen molar-refractivity contribution in [2.45, 2.75) is 19.1 Å². The largest absolute Gasteiger partial charge is 0.486 e. The van der Waals surface area contributed by atoms with Crippen LogP contribution in [0.25, 0.3) is 11.0 Å². The predicted octanol–water partition coefficient (Wildman–Crippen LogP) is 3.96. The van der Waals surface area contributed by atoms with E-state index in [0.717, 1.165) is 12.1 Å². The van der Waals surface area contributed by atoms with E-state index in [1.807, 2.05) is 12.1 Å². The second-order valence-corrected chi connectivity index (χ2v) is 8.42. The maximum atomic E-state index is 11.8. The van der Waals surface area contributed by atoms with Crippen molar-refractivity contribution in [2.75, 3.05) is 18.4 Å². The van der Waals surface area contributed by atoms with Gasteiger partial charge in [0, 0.05) is 30.9 Å². The number of halogens is 1. The van der Waals surface area contributed by atoms with Crippen LogP contribution in [0.2, 0.25) is 5.02 Å². The quantitative estimate of drug-likeness (QED) is 0.357. The van der Waals surface area contributed by atoms with Crippen LogP contribution in [0.4, 0.5) is 11.5 Å². The molecule has 4 aromatic rings. The molecule has 1 unspecified atom stereocenters. The van der Waals surface area contributed by atoms with Gasteiger partial charge in [0.2, 0.25) is 11.8 Å². The molecular formula is C25H22ClN7O3. The maximum Gasteiger partial charge on any atom is 0.246 e. The van der Waals surface area contributed by atoms with Crippen molar-refractivity contribution >= 4 is 40.0 Å². The SMILES string of the molecule is C=CC(=O)N1CCC(Oc2ccc3ncnc(Nc4ccc(OCc5ccncn5)c(Cl)c4)c3n2)C1. The minimum absolute atomic E-state index is 0.100. The molecular weight excluding hydrogens is 482 g/mol. The Balaban J connectivity index is 1.30. The highest BCUT2D eigenvalue weighted by molar-refractivity contribution is 6.32. The number of likely N-dealkylation sites (tertiary alicyclic amines) is 1. The van der Waals surface area contributed by atoms with Gasteiger partial charge >= 0.3 is 0 Å². The minimum Gasteiger partial charge on any atom is -0.486 e. The molecule has 182 valence electrons. The molecule has 36 heavy (non-hydrogen) atoms. The molecule has 5 rings (SSSR count). The molecule has 1 fully saturated rings. The van der Waals surface area contributed by atoms with E-state index in [1.54, 1.807) is 35.4 Å². The number of anilines is 2.